The maximum absolute atomic E-state index is 4.30. The van der Waals surface area contributed by atoms with Crippen LogP contribution < -0.4 is 5.32 Å². The van der Waals surface area contributed by atoms with Crippen LogP contribution in [-0.2, 0) is 6.54 Å². The largest absolute Gasteiger partial charge is 0.334 e. The van der Waals surface area contributed by atoms with Gasteiger partial charge in [0.25, 0.3) is 0 Å². The Morgan fingerprint density at radius 2 is 2.50 bits per heavy atom. The lowest BCUT2D eigenvalue weighted by atomic mass is 9.99. The lowest BCUT2D eigenvalue weighted by molar-refractivity contribution is 0.332. The molecule has 0 radical (unpaired) electrons. The van der Waals surface area contributed by atoms with Gasteiger partial charge in [-0.05, 0) is 44.2 Å². The summed E-state index contributed by atoms with van der Waals surface area (Å²) in [4.78, 5) is 4.30. The molecule has 2 unspecified atom stereocenters. The van der Waals surface area contributed by atoms with E-state index in [0.29, 0.717) is 5.92 Å². The lowest BCUT2D eigenvalue weighted by Gasteiger charge is -2.24. The predicted octanol–water partition coefficient (Wildman–Crippen LogP) is 2.40. The Labute approximate surface area is 98.3 Å². The summed E-state index contributed by atoms with van der Waals surface area (Å²) in [5, 5.41) is 3.48. The Morgan fingerprint density at radius 3 is 3.19 bits per heavy atom. The van der Waals surface area contributed by atoms with Crippen molar-refractivity contribution in [3.05, 3.63) is 18.2 Å². The van der Waals surface area contributed by atoms with Gasteiger partial charge in [0.2, 0.25) is 0 Å². The average molecular weight is 221 g/mol. The molecule has 3 heteroatoms. The van der Waals surface area contributed by atoms with Gasteiger partial charge in [0, 0.05) is 18.4 Å². The van der Waals surface area contributed by atoms with Crippen LogP contribution in [0, 0.1) is 5.92 Å². The van der Waals surface area contributed by atoms with Crippen LogP contribution in [0.2, 0.25) is 0 Å². The minimum absolute atomic E-state index is 0.624. The zero-order valence-electron chi connectivity index (χ0n) is 10.4. The van der Waals surface area contributed by atoms with Crippen molar-refractivity contribution in [1.82, 2.24) is 14.9 Å². The highest BCUT2D eigenvalue weighted by Gasteiger charge is 2.16. The predicted molar refractivity (Wildman–Crippen MR) is 66.5 cm³/mol. The van der Waals surface area contributed by atoms with Crippen molar-refractivity contribution < 1.29 is 0 Å². The van der Waals surface area contributed by atoms with Gasteiger partial charge in [0.15, 0.2) is 0 Å². The molecule has 0 amide bonds. The lowest BCUT2D eigenvalue weighted by Crippen LogP contribution is -2.32. The zero-order chi connectivity index (χ0) is 11.4. The molecular weight excluding hydrogens is 198 g/mol. The van der Waals surface area contributed by atoms with E-state index in [1.807, 2.05) is 12.5 Å². The number of hydrogen-bond donors (Lipinski definition) is 1. The fourth-order valence-electron chi connectivity index (χ4n) is 2.46. The molecule has 1 fully saturated rings. The SMILES string of the molecule is CCC(C)c1cncn1CC1CCCNC1. The molecule has 1 aliphatic heterocycles. The third-order valence-corrected chi connectivity index (χ3v) is 3.72. The fraction of sp³-hybridized carbons (Fsp3) is 0.769. The van der Waals surface area contributed by atoms with Crippen molar-refractivity contribution >= 4 is 0 Å². The molecule has 16 heavy (non-hydrogen) atoms. The first-order chi connectivity index (χ1) is 7.81. The minimum atomic E-state index is 0.624. The molecule has 1 aromatic rings. The monoisotopic (exact) mass is 221 g/mol. The van der Waals surface area contributed by atoms with Gasteiger partial charge in [-0.3, -0.25) is 0 Å². The summed E-state index contributed by atoms with van der Waals surface area (Å²) >= 11 is 0. The molecule has 1 saturated heterocycles. The fourth-order valence-corrected chi connectivity index (χ4v) is 2.46. The van der Waals surface area contributed by atoms with Gasteiger partial charge in [-0.25, -0.2) is 4.98 Å². The van der Waals surface area contributed by atoms with Crippen LogP contribution in [0.25, 0.3) is 0 Å². The minimum Gasteiger partial charge on any atom is -0.334 e. The molecule has 90 valence electrons. The Morgan fingerprint density at radius 1 is 1.62 bits per heavy atom. The van der Waals surface area contributed by atoms with E-state index in [4.69, 9.17) is 0 Å². The van der Waals surface area contributed by atoms with Crippen molar-refractivity contribution in [2.45, 2.75) is 45.6 Å². The Bertz CT molecular complexity index is 313. The standard InChI is InChI=1S/C13H23N3/c1-3-11(2)13-8-15-10-16(13)9-12-5-4-6-14-7-12/h8,10-12,14H,3-7,9H2,1-2H3. The second kappa shape index (κ2) is 5.48. The van der Waals surface area contributed by atoms with Gasteiger partial charge in [-0.15, -0.1) is 0 Å². The summed E-state index contributed by atoms with van der Waals surface area (Å²) in [7, 11) is 0. The van der Waals surface area contributed by atoms with Crippen LogP contribution in [0.4, 0.5) is 0 Å². The Kier molecular flexibility index (Phi) is 3.99. The van der Waals surface area contributed by atoms with E-state index >= 15 is 0 Å². The second-order valence-corrected chi connectivity index (χ2v) is 4.99. The molecule has 1 aromatic heterocycles. The molecular formula is C13H23N3. The van der Waals surface area contributed by atoms with Crippen LogP contribution in [-0.4, -0.2) is 22.6 Å². The quantitative estimate of drug-likeness (QED) is 0.846. The molecule has 1 N–H and O–H groups in total. The van der Waals surface area contributed by atoms with Crippen LogP contribution >= 0.6 is 0 Å². The number of nitrogens with one attached hydrogen (secondary N) is 1. The van der Waals surface area contributed by atoms with Crippen molar-refractivity contribution in [2.75, 3.05) is 13.1 Å². The van der Waals surface area contributed by atoms with E-state index in [0.717, 1.165) is 19.0 Å². The maximum atomic E-state index is 4.30. The summed E-state index contributed by atoms with van der Waals surface area (Å²) in [6, 6.07) is 0. The smallest absolute Gasteiger partial charge is 0.0948 e. The van der Waals surface area contributed by atoms with Gasteiger partial charge >= 0.3 is 0 Å². The molecule has 0 bridgehead atoms. The molecule has 2 heterocycles. The van der Waals surface area contributed by atoms with Crippen molar-refractivity contribution in [3.63, 3.8) is 0 Å². The van der Waals surface area contributed by atoms with E-state index in [1.54, 1.807) is 0 Å². The van der Waals surface area contributed by atoms with E-state index < -0.39 is 0 Å². The van der Waals surface area contributed by atoms with Crippen LogP contribution in [0.5, 0.6) is 0 Å². The van der Waals surface area contributed by atoms with Crippen LogP contribution in [0.1, 0.15) is 44.7 Å². The highest BCUT2D eigenvalue weighted by molar-refractivity contribution is 5.05. The first kappa shape index (κ1) is 11.6. The normalized spacial score (nSPS) is 23.2. The summed E-state index contributed by atoms with van der Waals surface area (Å²) in [6.07, 6.45) is 7.89. The summed E-state index contributed by atoms with van der Waals surface area (Å²) in [5.41, 5.74) is 1.40. The first-order valence-electron chi connectivity index (χ1n) is 6.52. The molecule has 3 nitrogen and oxygen atoms in total. The number of hydrogen-bond acceptors (Lipinski definition) is 2. The maximum Gasteiger partial charge on any atom is 0.0948 e. The molecule has 0 aliphatic carbocycles. The zero-order valence-corrected chi connectivity index (χ0v) is 10.4. The molecule has 0 aromatic carbocycles. The molecule has 1 aliphatic rings. The molecule has 0 spiro atoms. The van der Waals surface area contributed by atoms with Gasteiger partial charge in [0.05, 0.1) is 6.33 Å². The van der Waals surface area contributed by atoms with Gasteiger partial charge in [0.1, 0.15) is 0 Å². The molecule has 2 rings (SSSR count). The van der Waals surface area contributed by atoms with Crippen LogP contribution in [0.15, 0.2) is 12.5 Å². The third-order valence-electron chi connectivity index (χ3n) is 3.72. The topological polar surface area (TPSA) is 29.9 Å². The summed E-state index contributed by atoms with van der Waals surface area (Å²) in [5.74, 6) is 1.41. The molecule has 2 atom stereocenters. The van der Waals surface area contributed by atoms with Crippen molar-refractivity contribution in [3.8, 4) is 0 Å². The number of piperidine rings is 1. The highest BCUT2D eigenvalue weighted by Crippen LogP contribution is 2.20. The number of nitrogens with zero attached hydrogens (tertiary/aromatic N) is 2. The van der Waals surface area contributed by atoms with E-state index in [9.17, 15) is 0 Å². The van der Waals surface area contributed by atoms with E-state index in [-0.39, 0.29) is 0 Å². The number of rotatable bonds is 4. The van der Waals surface area contributed by atoms with Gasteiger partial charge in [-0.2, -0.15) is 0 Å². The first-order valence-corrected chi connectivity index (χ1v) is 6.52. The van der Waals surface area contributed by atoms with Gasteiger partial charge in [-0.1, -0.05) is 13.8 Å². The Hall–Kier alpha value is -0.830. The van der Waals surface area contributed by atoms with Crippen molar-refractivity contribution in [2.24, 2.45) is 5.92 Å². The van der Waals surface area contributed by atoms with Crippen molar-refractivity contribution in [1.29, 1.82) is 0 Å². The Balaban J connectivity index is 2.00. The number of imidazole rings is 1. The van der Waals surface area contributed by atoms with Crippen LogP contribution in [0.3, 0.4) is 0 Å². The number of aromatic nitrogens is 2. The highest BCUT2D eigenvalue weighted by atomic mass is 15.1. The molecule has 0 saturated carbocycles. The summed E-state index contributed by atoms with van der Waals surface area (Å²) < 4.78 is 2.35. The van der Waals surface area contributed by atoms with E-state index in [2.05, 4.69) is 28.7 Å². The average Bonchev–Trinajstić information content (AvgIpc) is 2.77. The second-order valence-electron chi connectivity index (χ2n) is 4.99. The van der Waals surface area contributed by atoms with Gasteiger partial charge < -0.3 is 9.88 Å². The summed E-state index contributed by atoms with van der Waals surface area (Å²) in [6.45, 7) is 8.01. The van der Waals surface area contributed by atoms with E-state index in [1.165, 1.54) is 31.5 Å². The third kappa shape index (κ3) is 2.64.